The summed E-state index contributed by atoms with van der Waals surface area (Å²) in [5.74, 6) is -2.71. The molecule has 3 saturated heterocycles. The first-order valence-electron chi connectivity index (χ1n) is 7.30. The molecule has 0 aromatic rings. The van der Waals surface area contributed by atoms with E-state index in [0.29, 0.717) is 17.1 Å². The third-order valence-corrected chi connectivity index (χ3v) is 3.73. The zero-order valence-electron chi connectivity index (χ0n) is 13.0. The Hall–Kier alpha value is -2.46. The van der Waals surface area contributed by atoms with Crippen molar-refractivity contribution in [1.29, 1.82) is 0 Å². The Morgan fingerprint density at radius 3 is 1.68 bits per heavy atom. The first-order valence-corrected chi connectivity index (χ1v) is 7.30. The van der Waals surface area contributed by atoms with Crippen molar-refractivity contribution >= 4 is 25.9 Å². The number of allylic oxidation sites excluding steroid dienone is 1. The summed E-state index contributed by atoms with van der Waals surface area (Å²) < 4.78 is 31.7. The molecule has 3 heterocycles. The van der Waals surface area contributed by atoms with Crippen molar-refractivity contribution in [3.63, 3.8) is 0 Å². The summed E-state index contributed by atoms with van der Waals surface area (Å²) in [5, 5.41) is 7.12. The van der Waals surface area contributed by atoms with Gasteiger partial charge in [-0.15, -0.1) is 0 Å². The van der Waals surface area contributed by atoms with Gasteiger partial charge in [-0.1, -0.05) is 0 Å². The van der Waals surface area contributed by atoms with E-state index < -0.39 is 12.1 Å². The molecule has 0 spiro atoms. The molecular formula is C14H14BF3N3O4. The lowest BCUT2D eigenvalue weighted by atomic mass is 10.0. The minimum atomic E-state index is -5.08. The number of carbonyl (C=O) groups excluding carboxylic acids is 2. The number of Topliss-reactive ketones (excluding diaryl/α,β-unsaturated/α-hetero) is 1. The largest absolute Gasteiger partial charge is 0.490 e. The molecule has 1 N–H and O–H groups in total. The highest BCUT2D eigenvalue weighted by Crippen LogP contribution is 2.33. The number of hydrogen-bond donors (Lipinski definition) is 1. The van der Waals surface area contributed by atoms with Crippen LogP contribution in [0, 0.1) is 0 Å². The molecule has 3 aliphatic heterocycles. The number of rotatable bonds is 3. The molecule has 4 rings (SSSR count). The van der Waals surface area contributed by atoms with Gasteiger partial charge in [0.1, 0.15) is 11.4 Å². The summed E-state index contributed by atoms with van der Waals surface area (Å²) in [6, 6.07) is 0. The van der Waals surface area contributed by atoms with Gasteiger partial charge in [0.05, 0.1) is 5.70 Å². The molecule has 3 radical (unpaired) electrons. The first-order chi connectivity index (χ1) is 11.2. The molecule has 1 aliphatic carbocycles. The number of carbonyl (C=O) groups is 3. The van der Waals surface area contributed by atoms with E-state index in [2.05, 4.69) is 0 Å². The number of hydrogen-bond acceptors (Lipinski definition) is 6. The van der Waals surface area contributed by atoms with Gasteiger partial charge in [-0.3, -0.25) is 9.59 Å². The zero-order chi connectivity index (χ0) is 17.6. The van der Waals surface area contributed by atoms with E-state index in [9.17, 15) is 22.8 Å². The summed E-state index contributed by atoms with van der Waals surface area (Å²) in [6.07, 6.45) is -3.56. The summed E-state index contributed by atoms with van der Waals surface area (Å²) in [7, 11) is 0. The average Bonchev–Trinajstić information content (AvgIpc) is 3.36. The number of nitrogens with zero attached hydrogens (tertiary/aromatic N) is 3. The monoisotopic (exact) mass is 356 g/mol. The summed E-state index contributed by atoms with van der Waals surface area (Å²) >= 11 is 0. The smallest absolute Gasteiger partial charge is 0.475 e. The Morgan fingerprint density at radius 2 is 1.32 bits per heavy atom. The van der Waals surface area contributed by atoms with Crippen molar-refractivity contribution in [3.8, 4) is 0 Å². The van der Waals surface area contributed by atoms with Crippen LogP contribution in [-0.4, -0.2) is 91.2 Å². The number of alkyl halides is 3. The molecule has 0 atom stereocenters. The first kappa shape index (κ1) is 18.9. The fourth-order valence-electron chi connectivity index (χ4n) is 2.28. The Morgan fingerprint density at radius 1 is 0.920 bits per heavy atom. The Labute approximate surface area is 142 Å². The second-order valence-electron chi connectivity index (χ2n) is 5.68. The van der Waals surface area contributed by atoms with E-state index in [4.69, 9.17) is 9.90 Å². The lowest BCUT2D eigenvalue weighted by Crippen LogP contribution is -2.29. The van der Waals surface area contributed by atoms with Gasteiger partial charge in [-0.2, -0.15) is 13.2 Å². The molecule has 4 aliphatic rings. The van der Waals surface area contributed by atoms with Gasteiger partial charge in [-0.05, 0) is 0 Å². The van der Waals surface area contributed by atoms with Crippen LogP contribution in [0.15, 0.2) is 23.2 Å². The second-order valence-corrected chi connectivity index (χ2v) is 5.68. The van der Waals surface area contributed by atoms with Crippen molar-refractivity contribution in [2.45, 2.75) is 6.18 Å². The molecule has 3 fully saturated rings. The molecule has 25 heavy (non-hydrogen) atoms. The van der Waals surface area contributed by atoms with E-state index in [1.807, 2.05) is 14.7 Å². The van der Waals surface area contributed by atoms with E-state index >= 15 is 0 Å². The van der Waals surface area contributed by atoms with Crippen LogP contribution < -0.4 is 0 Å². The van der Waals surface area contributed by atoms with Gasteiger partial charge in [0.25, 0.3) is 0 Å². The van der Waals surface area contributed by atoms with Gasteiger partial charge in [0.2, 0.25) is 11.6 Å². The van der Waals surface area contributed by atoms with E-state index in [-0.39, 0.29) is 20.0 Å². The topological polar surface area (TPSA) is 80.5 Å². The molecular weight excluding hydrogens is 342 g/mol. The van der Waals surface area contributed by atoms with E-state index in [0.717, 1.165) is 39.3 Å². The lowest BCUT2D eigenvalue weighted by Gasteiger charge is -2.21. The lowest BCUT2D eigenvalue weighted by molar-refractivity contribution is -0.192. The fourth-order valence-corrected chi connectivity index (χ4v) is 2.28. The maximum Gasteiger partial charge on any atom is 0.490 e. The van der Waals surface area contributed by atoms with Gasteiger partial charge in [0.15, 0.2) is 0 Å². The number of ketones is 2. The van der Waals surface area contributed by atoms with Gasteiger partial charge in [0, 0.05) is 53.8 Å². The van der Waals surface area contributed by atoms with Gasteiger partial charge >= 0.3 is 12.1 Å². The van der Waals surface area contributed by atoms with Crippen molar-refractivity contribution in [1.82, 2.24) is 14.7 Å². The van der Waals surface area contributed by atoms with Crippen LogP contribution in [0.3, 0.4) is 0 Å². The molecule has 0 amide bonds. The van der Waals surface area contributed by atoms with Crippen LogP contribution in [0.2, 0.25) is 0 Å². The molecule has 7 nitrogen and oxygen atoms in total. The number of halogens is 3. The number of carboxylic acids is 1. The normalized spacial score (nSPS) is 21.2. The minimum absolute atomic E-state index is 0. The van der Waals surface area contributed by atoms with Crippen molar-refractivity contribution in [3.05, 3.63) is 23.2 Å². The summed E-state index contributed by atoms with van der Waals surface area (Å²) in [5.41, 5.74) is 1.89. The predicted octanol–water partition coefficient (Wildman–Crippen LogP) is -0.567. The van der Waals surface area contributed by atoms with Crippen molar-refractivity contribution < 1.29 is 32.7 Å². The Bertz CT molecular complexity index is 677. The molecule has 0 unspecified atom stereocenters. The predicted molar refractivity (Wildman–Crippen MR) is 79.3 cm³/mol. The quantitative estimate of drug-likeness (QED) is 0.412. The zero-order valence-corrected chi connectivity index (χ0v) is 13.0. The summed E-state index contributed by atoms with van der Waals surface area (Å²) in [4.78, 5) is 39.4. The van der Waals surface area contributed by atoms with E-state index in [1.165, 1.54) is 6.08 Å². The summed E-state index contributed by atoms with van der Waals surface area (Å²) in [6.45, 7) is 5.41. The van der Waals surface area contributed by atoms with Crippen LogP contribution in [0.25, 0.3) is 0 Å². The SMILES string of the molecule is O=C(O)C(F)(F)F.O=C1C=C(N2CC2)C(=O)C(N2CC2)=C1N1CC1.[B]. The van der Waals surface area contributed by atoms with Crippen LogP contribution in [-0.2, 0) is 14.4 Å². The molecule has 0 aromatic heterocycles. The minimum Gasteiger partial charge on any atom is -0.475 e. The van der Waals surface area contributed by atoms with E-state index in [1.54, 1.807) is 0 Å². The third-order valence-electron chi connectivity index (χ3n) is 3.73. The van der Waals surface area contributed by atoms with Gasteiger partial charge < -0.3 is 19.8 Å². The second kappa shape index (κ2) is 6.45. The standard InChI is InChI=1S/C12H13N3O2.C2HF3O2.B/c16-9-7-8(13-1-2-13)12(17)11(15-5-6-15)10(9)14-3-4-14;3-2(4,5)1(6)7;/h7H,1-6H2;(H,6,7);. The molecule has 0 saturated carbocycles. The highest BCUT2D eigenvalue weighted by atomic mass is 19.4. The number of aliphatic carboxylic acids is 1. The van der Waals surface area contributed by atoms with Crippen LogP contribution >= 0.6 is 0 Å². The molecule has 11 heteroatoms. The number of carboxylic acid groups (broad SMARTS) is 1. The van der Waals surface area contributed by atoms with Crippen molar-refractivity contribution in [2.75, 3.05) is 39.3 Å². The Kier molecular flexibility index (Phi) is 4.87. The Balaban J connectivity index is 0.000000246. The van der Waals surface area contributed by atoms with Gasteiger partial charge in [-0.25, -0.2) is 4.79 Å². The maximum absolute atomic E-state index is 12.4. The third kappa shape index (κ3) is 4.15. The van der Waals surface area contributed by atoms with Crippen LogP contribution in [0.5, 0.6) is 0 Å². The molecule has 0 bridgehead atoms. The van der Waals surface area contributed by atoms with Crippen LogP contribution in [0.4, 0.5) is 13.2 Å². The van der Waals surface area contributed by atoms with Crippen LogP contribution in [0.1, 0.15) is 0 Å². The highest BCUT2D eigenvalue weighted by molar-refractivity contribution is 6.22. The van der Waals surface area contributed by atoms with Crippen molar-refractivity contribution in [2.24, 2.45) is 0 Å². The maximum atomic E-state index is 12.4. The fraction of sp³-hybridized carbons (Fsp3) is 0.500. The molecule has 133 valence electrons. The molecule has 0 aromatic carbocycles. The highest BCUT2D eigenvalue weighted by Gasteiger charge is 2.43. The average molecular weight is 356 g/mol.